The molecule has 0 bridgehead atoms. The van der Waals surface area contributed by atoms with Gasteiger partial charge >= 0.3 is 11.4 Å². The average Bonchev–Trinajstić information content (AvgIpc) is 3.91. The first-order chi connectivity index (χ1) is 27.1. The summed E-state index contributed by atoms with van der Waals surface area (Å²) in [7, 11) is 2.47. The zero-order valence-corrected chi connectivity index (χ0v) is 32.0. The number of carbonyl (C=O) groups excluding carboxylic acids is 2. The number of alkyl halides is 4. The van der Waals surface area contributed by atoms with E-state index in [4.69, 9.17) is 0 Å². The van der Waals surface area contributed by atoms with Gasteiger partial charge in [-0.1, -0.05) is 11.3 Å². The first-order valence-corrected chi connectivity index (χ1v) is 17.8. The lowest BCUT2D eigenvalue weighted by atomic mass is 10.2. The summed E-state index contributed by atoms with van der Waals surface area (Å²) in [6.45, 7) is -0.419. The normalized spacial score (nSPS) is 10.5. The number of nitrogens with zero attached hydrogens (tertiary/aromatic N) is 8. The van der Waals surface area contributed by atoms with Gasteiger partial charge in [0.05, 0.1) is 32.9 Å². The van der Waals surface area contributed by atoms with Gasteiger partial charge in [-0.25, -0.2) is 36.3 Å². The summed E-state index contributed by atoms with van der Waals surface area (Å²) in [5, 5.41) is 10.7. The fraction of sp³-hybridized carbons (Fsp3) is 0.188. The van der Waals surface area contributed by atoms with Crippen molar-refractivity contribution in [3.8, 4) is 22.1 Å². The van der Waals surface area contributed by atoms with E-state index in [-0.39, 0.29) is 11.4 Å². The Balaban J connectivity index is 0.000000222. The van der Waals surface area contributed by atoms with E-state index in [0.29, 0.717) is 37.1 Å². The Morgan fingerprint density at radius 2 is 1.18 bits per heavy atom. The van der Waals surface area contributed by atoms with Crippen LogP contribution in [0.4, 0.5) is 26.3 Å². The molecule has 0 aliphatic carbocycles. The van der Waals surface area contributed by atoms with Crippen molar-refractivity contribution in [1.82, 2.24) is 48.1 Å². The van der Waals surface area contributed by atoms with Crippen molar-refractivity contribution in [3.63, 3.8) is 0 Å². The van der Waals surface area contributed by atoms with Gasteiger partial charge in [0.15, 0.2) is 10.7 Å². The summed E-state index contributed by atoms with van der Waals surface area (Å²) in [6.07, 6.45) is 0. The molecule has 57 heavy (non-hydrogen) atoms. The predicted octanol–water partition coefficient (Wildman–Crippen LogP) is 3.94. The molecule has 25 heteroatoms. The summed E-state index contributed by atoms with van der Waals surface area (Å²) in [5.41, 5.74) is 2.36. The Hall–Kier alpha value is -6.34. The Morgan fingerprint density at radius 1 is 0.702 bits per heavy atom. The number of nitrogens with one attached hydrogen (secondary N) is 2. The molecule has 300 valence electrons. The molecule has 7 rings (SSSR count). The third-order valence-corrected chi connectivity index (χ3v) is 9.74. The molecule has 5 aromatic heterocycles. The van der Waals surface area contributed by atoms with E-state index < -0.39 is 60.1 Å². The SMILES string of the molecule is CC(=O)NNC(=O)c1nsc2ccc(-n3c(=O)cc(F)n(C)c3=O)cc12.Cc1nnc(-c2nsc3ccc(-n4c(=O)cc(F)n(C)c4=O)cc23)s1.FCF.FCF. The van der Waals surface area contributed by atoms with E-state index in [9.17, 15) is 55.1 Å². The van der Waals surface area contributed by atoms with Crippen LogP contribution in [0.2, 0.25) is 0 Å². The number of amides is 2. The van der Waals surface area contributed by atoms with Crippen LogP contribution in [-0.2, 0) is 18.9 Å². The maximum Gasteiger partial charge on any atom is 0.337 e. The summed E-state index contributed by atoms with van der Waals surface area (Å²) >= 11 is 3.74. The number of hydrogen-bond donors (Lipinski definition) is 2. The first-order valence-electron chi connectivity index (χ1n) is 15.5. The maximum atomic E-state index is 13.6. The Kier molecular flexibility index (Phi) is 14.5. The molecule has 16 nitrogen and oxygen atoms in total. The van der Waals surface area contributed by atoms with E-state index in [1.165, 1.54) is 56.0 Å². The van der Waals surface area contributed by atoms with Crippen molar-refractivity contribution in [2.24, 2.45) is 14.1 Å². The van der Waals surface area contributed by atoms with Crippen molar-refractivity contribution >= 4 is 66.4 Å². The van der Waals surface area contributed by atoms with Crippen molar-refractivity contribution in [2.45, 2.75) is 13.8 Å². The molecule has 0 unspecified atom stereocenters. The van der Waals surface area contributed by atoms with Crippen molar-refractivity contribution in [1.29, 1.82) is 0 Å². The number of rotatable bonds is 4. The minimum Gasteiger partial charge on any atom is -0.274 e. The molecule has 2 N–H and O–H groups in total. The second kappa shape index (κ2) is 19.0. The molecule has 2 aromatic carbocycles. The summed E-state index contributed by atoms with van der Waals surface area (Å²) in [4.78, 5) is 71.7. The number of hydrogen-bond acceptors (Lipinski definition) is 13. The highest BCUT2D eigenvalue weighted by Gasteiger charge is 2.18. The molecular formula is C32H26F6N10O6S3. The van der Waals surface area contributed by atoms with Gasteiger partial charge in [-0.05, 0) is 66.4 Å². The van der Waals surface area contributed by atoms with Crippen LogP contribution in [-0.4, -0.2) is 62.9 Å². The predicted molar refractivity (Wildman–Crippen MR) is 200 cm³/mol. The monoisotopic (exact) mass is 856 g/mol. The van der Waals surface area contributed by atoms with Crippen molar-refractivity contribution in [3.05, 3.63) is 113 Å². The molecule has 7 aromatic rings. The topological polar surface area (TPSA) is 198 Å². The zero-order valence-electron chi connectivity index (χ0n) is 29.6. The van der Waals surface area contributed by atoms with E-state index in [2.05, 4.69) is 29.8 Å². The first kappa shape index (κ1) is 43.4. The molecule has 0 aliphatic rings. The van der Waals surface area contributed by atoms with E-state index in [0.717, 1.165) is 46.4 Å². The number of fused-ring (bicyclic) bond motifs is 2. The minimum atomic E-state index is -1.75. The van der Waals surface area contributed by atoms with E-state index >= 15 is 0 Å². The van der Waals surface area contributed by atoms with Gasteiger partial charge in [-0.2, -0.15) is 17.5 Å². The summed E-state index contributed by atoms with van der Waals surface area (Å²) in [5.74, 6) is -2.94. The largest absolute Gasteiger partial charge is 0.337 e. The van der Waals surface area contributed by atoms with Crippen LogP contribution in [0.25, 0.3) is 42.2 Å². The highest BCUT2D eigenvalue weighted by molar-refractivity contribution is 7.16. The van der Waals surface area contributed by atoms with Gasteiger partial charge in [0, 0.05) is 31.8 Å². The van der Waals surface area contributed by atoms with Crippen LogP contribution >= 0.6 is 34.4 Å². The number of aryl methyl sites for hydroxylation is 1. The Bertz CT molecular complexity index is 2830. The fourth-order valence-electron chi connectivity index (χ4n) is 4.72. The lowest BCUT2D eigenvalue weighted by molar-refractivity contribution is -0.119. The second-order valence-electron chi connectivity index (χ2n) is 10.9. The standard InChI is InChI=1S/C15H12FN5O4S.C15H10FN5O2S2.2CH2F2/c1-7(22)17-18-14(24)13-9-5-8(3-4-10(9)26-19-13)21-12(23)6-11(16)20(2)15(21)25;1-7-17-18-14(24-7)13-9-5-8(3-4-10(9)25-19-13)21-12(22)6-11(16)20(2)15(21)23;2*2-1-3/h3-6H,1-2H3,(H,17,22)(H,18,24);3-6H,1-2H3;2*1H2. The third kappa shape index (κ3) is 9.73. The van der Waals surface area contributed by atoms with Crippen LogP contribution < -0.4 is 33.3 Å². The van der Waals surface area contributed by atoms with Crippen LogP contribution in [0.5, 0.6) is 0 Å². The lowest BCUT2D eigenvalue weighted by Crippen LogP contribution is -2.40. The lowest BCUT2D eigenvalue weighted by Gasteiger charge is -2.08. The number of carbonyl (C=O) groups is 2. The van der Waals surface area contributed by atoms with Gasteiger partial charge in [-0.15, -0.1) is 10.2 Å². The number of aromatic nitrogens is 8. The molecule has 0 saturated heterocycles. The minimum absolute atomic E-state index is 0.0209. The van der Waals surface area contributed by atoms with Crippen LogP contribution in [0, 0.1) is 18.8 Å². The van der Waals surface area contributed by atoms with E-state index in [1.807, 2.05) is 6.92 Å². The highest BCUT2D eigenvalue weighted by Crippen LogP contribution is 2.33. The molecule has 2 amide bonds. The van der Waals surface area contributed by atoms with Gasteiger partial charge in [0.25, 0.3) is 17.0 Å². The maximum absolute atomic E-state index is 13.6. The molecule has 0 saturated carbocycles. The Labute approximate surface area is 326 Å². The van der Waals surface area contributed by atoms with Crippen LogP contribution in [0.3, 0.4) is 0 Å². The summed E-state index contributed by atoms with van der Waals surface area (Å²) < 4.78 is 78.7. The average molecular weight is 857 g/mol. The molecular weight excluding hydrogens is 831 g/mol. The van der Waals surface area contributed by atoms with Gasteiger partial charge in [0.1, 0.15) is 10.7 Å². The molecule has 0 atom stereocenters. The van der Waals surface area contributed by atoms with Crippen LogP contribution in [0.15, 0.2) is 67.7 Å². The number of halogens is 6. The van der Waals surface area contributed by atoms with E-state index in [1.54, 1.807) is 24.3 Å². The molecule has 0 fully saturated rings. The second-order valence-corrected chi connectivity index (χ2v) is 13.6. The zero-order chi connectivity index (χ0) is 42.1. The number of hydrazine groups is 1. The molecule has 5 heterocycles. The van der Waals surface area contributed by atoms with Gasteiger partial charge in [-0.3, -0.25) is 39.2 Å². The molecule has 0 aliphatic heterocycles. The smallest absolute Gasteiger partial charge is 0.274 e. The quantitative estimate of drug-likeness (QED) is 0.149. The molecule has 0 radical (unpaired) electrons. The third-order valence-electron chi connectivity index (χ3n) is 7.24. The highest BCUT2D eigenvalue weighted by atomic mass is 32.1. The number of benzene rings is 2. The van der Waals surface area contributed by atoms with Crippen molar-refractivity contribution in [2.75, 3.05) is 13.9 Å². The van der Waals surface area contributed by atoms with Crippen LogP contribution in [0.1, 0.15) is 22.4 Å². The molecule has 0 spiro atoms. The van der Waals surface area contributed by atoms with Gasteiger partial charge in [0.2, 0.25) is 31.7 Å². The fourth-order valence-corrected chi connectivity index (χ4v) is 6.98. The Morgan fingerprint density at radius 3 is 1.65 bits per heavy atom. The summed E-state index contributed by atoms with van der Waals surface area (Å²) in [6, 6.07) is 11.1. The van der Waals surface area contributed by atoms with Crippen molar-refractivity contribution < 1.29 is 35.9 Å². The van der Waals surface area contributed by atoms with Gasteiger partial charge < -0.3 is 0 Å².